The molecule has 1 aromatic rings. The van der Waals surface area contributed by atoms with Crippen LogP contribution in [0.15, 0.2) is 0 Å². The van der Waals surface area contributed by atoms with Crippen molar-refractivity contribution in [3.63, 3.8) is 0 Å². The zero-order valence-electron chi connectivity index (χ0n) is 8.89. The largest absolute Gasteiger partial charge is 0.375 e. The summed E-state index contributed by atoms with van der Waals surface area (Å²) in [5.74, 6) is 0. The third-order valence-corrected chi connectivity index (χ3v) is 2.96. The van der Waals surface area contributed by atoms with Gasteiger partial charge >= 0.3 is 0 Å². The molecule has 0 unspecified atom stereocenters. The van der Waals surface area contributed by atoms with E-state index in [0.717, 1.165) is 24.8 Å². The number of hydrogen-bond donors (Lipinski definition) is 1. The molecule has 0 amide bonds. The van der Waals surface area contributed by atoms with Crippen molar-refractivity contribution in [2.45, 2.75) is 39.3 Å². The molecule has 2 heterocycles. The molecular weight excluding hydrogens is 196 g/mol. The lowest BCUT2D eigenvalue weighted by molar-refractivity contribution is 0.112. The van der Waals surface area contributed by atoms with Crippen molar-refractivity contribution in [1.82, 2.24) is 4.98 Å². The molecule has 0 atom stereocenters. The van der Waals surface area contributed by atoms with Crippen LogP contribution in [0.25, 0.3) is 0 Å². The summed E-state index contributed by atoms with van der Waals surface area (Å²) in [5, 5.41) is 4.41. The van der Waals surface area contributed by atoms with E-state index in [2.05, 4.69) is 31.1 Å². The number of nitrogens with zero attached hydrogens (tertiary/aromatic N) is 1. The van der Waals surface area contributed by atoms with Crippen LogP contribution in [0.3, 0.4) is 0 Å². The van der Waals surface area contributed by atoms with Crippen molar-refractivity contribution in [2.24, 2.45) is 0 Å². The van der Waals surface area contributed by atoms with Crippen molar-refractivity contribution in [3.8, 4) is 0 Å². The Bertz CT molecular complexity index is 304. The number of hydrogen-bond acceptors (Lipinski definition) is 4. The molecule has 1 N–H and O–H groups in total. The van der Waals surface area contributed by atoms with Crippen molar-refractivity contribution < 1.29 is 4.74 Å². The fraction of sp³-hybridized carbons (Fsp3) is 0.700. The maximum absolute atomic E-state index is 5.38. The standard InChI is InChI=1S/C10H16N2OS/c1-10(2,3)12-9-11-7-4-5-13-6-8(7)14-9/h4-6H2,1-3H3,(H,11,12). The minimum absolute atomic E-state index is 0.0846. The summed E-state index contributed by atoms with van der Waals surface area (Å²) in [4.78, 5) is 5.84. The second-order valence-corrected chi connectivity index (χ2v) is 5.65. The summed E-state index contributed by atoms with van der Waals surface area (Å²) < 4.78 is 5.38. The second kappa shape index (κ2) is 3.51. The van der Waals surface area contributed by atoms with Crippen molar-refractivity contribution in [2.75, 3.05) is 11.9 Å². The van der Waals surface area contributed by atoms with E-state index in [9.17, 15) is 0 Å². The van der Waals surface area contributed by atoms with Crippen LogP contribution in [0.1, 0.15) is 31.3 Å². The Labute approximate surface area is 88.5 Å². The molecule has 0 aromatic carbocycles. The Morgan fingerprint density at radius 3 is 2.86 bits per heavy atom. The fourth-order valence-electron chi connectivity index (χ4n) is 1.40. The molecule has 14 heavy (non-hydrogen) atoms. The minimum atomic E-state index is 0.0846. The third kappa shape index (κ3) is 2.25. The van der Waals surface area contributed by atoms with Gasteiger partial charge in [0.05, 0.1) is 23.8 Å². The summed E-state index contributed by atoms with van der Waals surface area (Å²) in [6, 6.07) is 0. The molecule has 0 saturated heterocycles. The Morgan fingerprint density at radius 1 is 1.43 bits per heavy atom. The lowest BCUT2D eigenvalue weighted by Crippen LogP contribution is -2.25. The van der Waals surface area contributed by atoms with Crippen LogP contribution in [-0.2, 0) is 17.8 Å². The van der Waals surface area contributed by atoms with Crippen LogP contribution in [-0.4, -0.2) is 17.1 Å². The molecule has 0 radical (unpaired) electrons. The zero-order valence-corrected chi connectivity index (χ0v) is 9.70. The van der Waals surface area contributed by atoms with Gasteiger partial charge in [0.2, 0.25) is 0 Å². The molecule has 3 nitrogen and oxygen atoms in total. The normalized spacial score (nSPS) is 16.5. The molecule has 0 saturated carbocycles. The van der Waals surface area contributed by atoms with Gasteiger partial charge in [0.15, 0.2) is 5.13 Å². The number of fused-ring (bicyclic) bond motifs is 1. The third-order valence-electron chi connectivity index (χ3n) is 1.98. The van der Waals surface area contributed by atoms with Gasteiger partial charge in [-0.15, -0.1) is 0 Å². The van der Waals surface area contributed by atoms with E-state index in [4.69, 9.17) is 4.74 Å². The van der Waals surface area contributed by atoms with E-state index in [1.807, 2.05) is 0 Å². The SMILES string of the molecule is CC(C)(C)Nc1nc2c(s1)COCC2. The molecule has 0 bridgehead atoms. The maximum atomic E-state index is 5.38. The van der Waals surface area contributed by atoms with Crippen molar-refractivity contribution in [1.29, 1.82) is 0 Å². The quantitative estimate of drug-likeness (QED) is 0.776. The fourth-order valence-corrected chi connectivity index (χ4v) is 2.55. The summed E-state index contributed by atoms with van der Waals surface area (Å²) in [6.07, 6.45) is 0.956. The van der Waals surface area contributed by atoms with Gasteiger partial charge in [0.25, 0.3) is 0 Å². The average Bonchev–Trinajstić information content (AvgIpc) is 2.42. The van der Waals surface area contributed by atoms with Gasteiger partial charge in [0, 0.05) is 12.0 Å². The van der Waals surface area contributed by atoms with Gasteiger partial charge in [-0.1, -0.05) is 11.3 Å². The van der Waals surface area contributed by atoms with Gasteiger partial charge in [0.1, 0.15) is 0 Å². The first-order valence-corrected chi connectivity index (χ1v) is 5.71. The second-order valence-electron chi connectivity index (χ2n) is 4.57. The molecule has 2 rings (SSSR count). The average molecular weight is 212 g/mol. The maximum Gasteiger partial charge on any atom is 0.183 e. The molecule has 0 fully saturated rings. The molecule has 1 aliphatic rings. The highest BCUT2D eigenvalue weighted by atomic mass is 32.1. The number of anilines is 1. The monoisotopic (exact) mass is 212 g/mol. The van der Waals surface area contributed by atoms with Gasteiger partial charge in [-0.25, -0.2) is 4.98 Å². The summed E-state index contributed by atoms with van der Waals surface area (Å²) in [5.41, 5.74) is 1.30. The van der Waals surface area contributed by atoms with Crippen molar-refractivity contribution in [3.05, 3.63) is 10.6 Å². The Balaban J connectivity index is 2.16. The molecule has 1 aliphatic heterocycles. The highest BCUT2D eigenvalue weighted by Crippen LogP contribution is 2.28. The molecule has 78 valence electrons. The van der Waals surface area contributed by atoms with E-state index >= 15 is 0 Å². The molecular formula is C10H16N2OS. The van der Waals surface area contributed by atoms with Gasteiger partial charge in [-0.05, 0) is 20.8 Å². The van der Waals surface area contributed by atoms with Crippen molar-refractivity contribution >= 4 is 16.5 Å². The zero-order chi connectivity index (χ0) is 10.2. The Kier molecular flexibility index (Phi) is 2.49. The van der Waals surface area contributed by atoms with E-state index in [0.29, 0.717) is 0 Å². The summed E-state index contributed by atoms with van der Waals surface area (Å²) in [7, 11) is 0. The smallest absolute Gasteiger partial charge is 0.183 e. The van der Waals surface area contributed by atoms with Crippen LogP contribution >= 0.6 is 11.3 Å². The van der Waals surface area contributed by atoms with E-state index < -0.39 is 0 Å². The number of aromatic nitrogens is 1. The number of rotatable bonds is 1. The van der Waals surface area contributed by atoms with E-state index in [-0.39, 0.29) is 5.54 Å². The topological polar surface area (TPSA) is 34.2 Å². The lowest BCUT2D eigenvalue weighted by Gasteiger charge is -2.19. The number of nitrogens with one attached hydrogen (secondary N) is 1. The van der Waals surface area contributed by atoms with Gasteiger partial charge in [-0.2, -0.15) is 0 Å². The lowest BCUT2D eigenvalue weighted by atomic mass is 10.1. The van der Waals surface area contributed by atoms with E-state index in [1.165, 1.54) is 10.6 Å². The minimum Gasteiger partial charge on any atom is -0.375 e. The first-order chi connectivity index (χ1) is 6.54. The van der Waals surface area contributed by atoms with Gasteiger partial charge < -0.3 is 10.1 Å². The molecule has 1 aromatic heterocycles. The Hall–Kier alpha value is -0.610. The summed E-state index contributed by atoms with van der Waals surface area (Å²) >= 11 is 1.71. The highest BCUT2D eigenvalue weighted by molar-refractivity contribution is 7.15. The first-order valence-electron chi connectivity index (χ1n) is 4.89. The number of ether oxygens (including phenoxy) is 1. The molecule has 0 spiro atoms. The van der Waals surface area contributed by atoms with Crippen LogP contribution in [0.5, 0.6) is 0 Å². The van der Waals surface area contributed by atoms with Crippen LogP contribution in [0, 0.1) is 0 Å². The predicted molar refractivity (Wildman–Crippen MR) is 58.8 cm³/mol. The van der Waals surface area contributed by atoms with Crippen LogP contribution in [0.2, 0.25) is 0 Å². The highest BCUT2D eigenvalue weighted by Gasteiger charge is 2.18. The number of thiazole rings is 1. The molecule has 4 heteroatoms. The van der Waals surface area contributed by atoms with E-state index in [1.54, 1.807) is 11.3 Å². The van der Waals surface area contributed by atoms with Crippen LogP contribution in [0.4, 0.5) is 5.13 Å². The summed E-state index contributed by atoms with van der Waals surface area (Å²) in [6.45, 7) is 7.97. The van der Waals surface area contributed by atoms with Crippen LogP contribution < -0.4 is 5.32 Å². The predicted octanol–water partition coefficient (Wildman–Crippen LogP) is 2.43. The Morgan fingerprint density at radius 2 is 2.21 bits per heavy atom. The first kappa shape index (κ1) is 9.93. The van der Waals surface area contributed by atoms with Gasteiger partial charge in [-0.3, -0.25) is 0 Å². The molecule has 0 aliphatic carbocycles.